The van der Waals surface area contributed by atoms with Gasteiger partial charge in [0.05, 0.1) is 22.6 Å². The maximum Gasteiger partial charge on any atom is 0.323 e. The molecule has 21 heavy (non-hydrogen) atoms. The van der Waals surface area contributed by atoms with Crippen LogP contribution in [0, 0.1) is 10.1 Å². The highest BCUT2D eigenvalue weighted by Gasteiger charge is 2.19. The van der Waals surface area contributed by atoms with Gasteiger partial charge in [-0.05, 0) is 13.0 Å². The minimum atomic E-state index is -0.810. The molecule has 0 amide bonds. The SMILES string of the molecule is CCOC(=O)C(N)Cc1nc2cc([N+](=O)[O-])ccc2n1C. The van der Waals surface area contributed by atoms with Crippen LogP contribution in [-0.4, -0.2) is 33.1 Å². The Bertz CT molecular complexity index is 695. The molecule has 0 saturated heterocycles. The predicted octanol–water partition coefficient (Wildman–Crippen LogP) is 0.914. The number of hydrogen-bond acceptors (Lipinski definition) is 6. The maximum absolute atomic E-state index is 11.5. The molecule has 1 aromatic heterocycles. The molecule has 1 aromatic carbocycles. The largest absolute Gasteiger partial charge is 0.465 e. The van der Waals surface area contributed by atoms with Gasteiger partial charge in [-0.15, -0.1) is 0 Å². The van der Waals surface area contributed by atoms with Gasteiger partial charge < -0.3 is 15.0 Å². The van der Waals surface area contributed by atoms with E-state index in [4.69, 9.17) is 10.5 Å². The number of esters is 1. The molecular formula is C13H16N4O4. The summed E-state index contributed by atoms with van der Waals surface area (Å²) < 4.78 is 6.61. The lowest BCUT2D eigenvalue weighted by Crippen LogP contribution is -2.35. The van der Waals surface area contributed by atoms with Crippen LogP contribution < -0.4 is 5.73 Å². The summed E-state index contributed by atoms with van der Waals surface area (Å²) in [4.78, 5) is 26.1. The van der Waals surface area contributed by atoms with Crippen LogP contribution in [0.3, 0.4) is 0 Å². The summed E-state index contributed by atoms with van der Waals surface area (Å²) in [6.07, 6.45) is 0.206. The van der Waals surface area contributed by atoms with Gasteiger partial charge in [0.1, 0.15) is 11.9 Å². The normalized spacial score (nSPS) is 12.3. The number of nitro benzene ring substituents is 1. The minimum Gasteiger partial charge on any atom is -0.465 e. The fourth-order valence-electron chi connectivity index (χ4n) is 2.06. The lowest BCUT2D eigenvalue weighted by atomic mass is 10.2. The number of imidazole rings is 1. The second-order valence-corrected chi connectivity index (χ2v) is 4.58. The highest BCUT2D eigenvalue weighted by molar-refractivity contribution is 5.79. The molecule has 2 rings (SSSR count). The van der Waals surface area contributed by atoms with Crippen molar-refractivity contribution in [3.05, 3.63) is 34.1 Å². The van der Waals surface area contributed by atoms with Crippen LogP contribution in [-0.2, 0) is 23.0 Å². The third kappa shape index (κ3) is 3.00. The van der Waals surface area contributed by atoms with E-state index in [2.05, 4.69) is 4.98 Å². The Hall–Kier alpha value is -2.48. The zero-order chi connectivity index (χ0) is 15.6. The molecule has 1 unspecified atom stereocenters. The van der Waals surface area contributed by atoms with Crippen LogP contribution in [0.5, 0.6) is 0 Å². The number of aromatic nitrogens is 2. The molecule has 0 saturated carbocycles. The van der Waals surface area contributed by atoms with Crippen molar-refractivity contribution in [2.24, 2.45) is 12.8 Å². The number of rotatable bonds is 5. The average molecular weight is 292 g/mol. The van der Waals surface area contributed by atoms with E-state index in [1.165, 1.54) is 12.1 Å². The van der Waals surface area contributed by atoms with E-state index in [-0.39, 0.29) is 18.7 Å². The molecule has 0 aliphatic rings. The van der Waals surface area contributed by atoms with E-state index < -0.39 is 16.9 Å². The topological polar surface area (TPSA) is 113 Å². The molecule has 8 heteroatoms. The molecule has 1 heterocycles. The molecule has 0 fully saturated rings. The first-order chi connectivity index (χ1) is 9.93. The Morgan fingerprint density at radius 1 is 1.57 bits per heavy atom. The number of benzene rings is 1. The predicted molar refractivity (Wildman–Crippen MR) is 75.7 cm³/mol. The van der Waals surface area contributed by atoms with Gasteiger partial charge in [0.2, 0.25) is 0 Å². The third-order valence-corrected chi connectivity index (χ3v) is 3.16. The van der Waals surface area contributed by atoms with E-state index in [0.29, 0.717) is 11.3 Å². The summed E-state index contributed by atoms with van der Waals surface area (Å²) in [5.74, 6) is 0.0848. The van der Waals surface area contributed by atoms with E-state index in [0.717, 1.165) is 5.52 Å². The Morgan fingerprint density at radius 2 is 2.29 bits per heavy atom. The molecule has 0 aliphatic heterocycles. The van der Waals surface area contributed by atoms with Crippen molar-refractivity contribution in [1.29, 1.82) is 0 Å². The fraction of sp³-hybridized carbons (Fsp3) is 0.385. The smallest absolute Gasteiger partial charge is 0.323 e. The monoisotopic (exact) mass is 292 g/mol. The summed E-state index contributed by atoms with van der Waals surface area (Å²) in [6.45, 7) is 1.97. The summed E-state index contributed by atoms with van der Waals surface area (Å²) in [5, 5.41) is 10.8. The van der Waals surface area contributed by atoms with Gasteiger partial charge in [-0.2, -0.15) is 0 Å². The first kappa shape index (κ1) is 14.9. The number of ether oxygens (including phenoxy) is 1. The number of aryl methyl sites for hydroxylation is 1. The van der Waals surface area contributed by atoms with Crippen molar-refractivity contribution in [2.45, 2.75) is 19.4 Å². The number of fused-ring (bicyclic) bond motifs is 1. The Balaban J connectivity index is 2.30. The zero-order valence-electron chi connectivity index (χ0n) is 11.8. The molecule has 0 radical (unpaired) electrons. The molecule has 2 aromatic rings. The van der Waals surface area contributed by atoms with Crippen molar-refractivity contribution >= 4 is 22.7 Å². The molecule has 0 aliphatic carbocycles. The number of nitrogens with zero attached hydrogens (tertiary/aromatic N) is 3. The van der Waals surface area contributed by atoms with E-state index in [9.17, 15) is 14.9 Å². The molecular weight excluding hydrogens is 276 g/mol. The maximum atomic E-state index is 11.5. The van der Waals surface area contributed by atoms with Gasteiger partial charge in [-0.1, -0.05) is 0 Å². The number of carbonyl (C=O) groups is 1. The Labute approximate surface area is 120 Å². The van der Waals surface area contributed by atoms with E-state index >= 15 is 0 Å². The number of nitrogens with two attached hydrogens (primary N) is 1. The standard InChI is InChI=1S/C13H16N4O4/c1-3-21-13(18)9(14)7-12-15-10-6-8(17(19)20)4-5-11(10)16(12)2/h4-6,9H,3,7,14H2,1-2H3. The zero-order valence-corrected chi connectivity index (χ0v) is 11.8. The van der Waals surface area contributed by atoms with Crippen LogP contribution in [0.1, 0.15) is 12.7 Å². The van der Waals surface area contributed by atoms with Crippen LogP contribution in [0.4, 0.5) is 5.69 Å². The summed E-state index contributed by atoms with van der Waals surface area (Å²) in [5.41, 5.74) is 6.98. The Morgan fingerprint density at radius 3 is 2.90 bits per heavy atom. The molecule has 8 nitrogen and oxygen atoms in total. The number of carbonyl (C=O) groups excluding carboxylic acids is 1. The van der Waals surface area contributed by atoms with Crippen molar-refractivity contribution < 1.29 is 14.5 Å². The van der Waals surface area contributed by atoms with Crippen molar-refractivity contribution in [3.63, 3.8) is 0 Å². The van der Waals surface area contributed by atoms with Crippen LogP contribution in [0.25, 0.3) is 11.0 Å². The molecule has 0 spiro atoms. The quantitative estimate of drug-likeness (QED) is 0.498. The first-order valence-electron chi connectivity index (χ1n) is 6.46. The highest BCUT2D eigenvalue weighted by atomic mass is 16.6. The summed E-state index contributed by atoms with van der Waals surface area (Å²) in [6, 6.07) is 3.63. The van der Waals surface area contributed by atoms with Crippen LogP contribution >= 0.6 is 0 Å². The van der Waals surface area contributed by atoms with Crippen LogP contribution in [0.15, 0.2) is 18.2 Å². The first-order valence-corrected chi connectivity index (χ1v) is 6.46. The number of nitro groups is 1. The van der Waals surface area contributed by atoms with E-state index in [1.807, 2.05) is 0 Å². The second kappa shape index (κ2) is 5.88. The number of hydrogen-bond donors (Lipinski definition) is 1. The average Bonchev–Trinajstić information content (AvgIpc) is 2.75. The second-order valence-electron chi connectivity index (χ2n) is 4.58. The third-order valence-electron chi connectivity index (χ3n) is 3.16. The van der Waals surface area contributed by atoms with Crippen molar-refractivity contribution in [2.75, 3.05) is 6.61 Å². The number of non-ortho nitro benzene ring substituents is 1. The van der Waals surface area contributed by atoms with Crippen molar-refractivity contribution in [3.8, 4) is 0 Å². The van der Waals surface area contributed by atoms with Crippen molar-refractivity contribution in [1.82, 2.24) is 9.55 Å². The van der Waals surface area contributed by atoms with Gasteiger partial charge in [-0.25, -0.2) is 4.98 Å². The lowest BCUT2D eigenvalue weighted by Gasteiger charge is -2.10. The van der Waals surface area contributed by atoms with Gasteiger partial charge >= 0.3 is 5.97 Å². The summed E-state index contributed by atoms with van der Waals surface area (Å²) in [7, 11) is 1.77. The van der Waals surface area contributed by atoms with E-state index in [1.54, 1.807) is 24.6 Å². The minimum absolute atomic E-state index is 0.0261. The lowest BCUT2D eigenvalue weighted by molar-refractivity contribution is -0.384. The molecule has 112 valence electrons. The molecule has 2 N–H and O–H groups in total. The van der Waals surface area contributed by atoms with Gasteiger partial charge in [0.25, 0.3) is 5.69 Å². The van der Waals surface area contributed by atoms with Gasteiger partial charge in [0, 0.05) is 25.6 Å². The fourth-order valence-corrected chi connectivity index (χ4v) is 2.06. The molecule has 0 bridgehead atoms. The summed E-state index contributed by atoms with van der Waals surface area (Å²) >= 11 is 0. The van der Waals surface area contributed by atoms with Gasteiger partial charge in [-0.3, -0.25) is 14.9 Å². The molecule has 1 atom stereocenters. The highest BCUT2D eigenvalue weighted by Crippen LogP contribution is 2.21. The van der Waals surface area contributed by atoms with Crippen LogP contribution in [0.2, 0.25) is 0 Å². The Kier molecular flexibility index (Phi) is 4.18. The van der Waals surface area contributed by atoms with Gasteiger partial charge in [0.15, 0.2) is 0 Å².